The van der Waals surface area contributed by atoms with Gasteiger partial charge in [0.2, 0.25) is 0 Å². The van der Waals surface area contributed by atoms with Crippen LogP contribution in [-0.4, -0.2) is 54.0 Å². The summed E-state index contributed by atoms with van der Waals surface area (Å²) in [5.41, 5.74) is 0. The quantitative estimate of drug-likeness (QED) is 0.341. The van der Waals surface area contributed by atoms with Gasteiger partial charge in [-0.05, 0) is 0 Å². The molecule has 3 nitrogen and oxygen atoms in total. The lowest BCUT2D eigenvalue weighted by molar-refractivity contribution is 0.0650. The molecule has 8 heavy (non-hydrogen) atoms. The molecule has 0 fully saturated rings. The van der Waals surface area contributed by atoms with Crippen LogP contribution < -0.4 is 0 Å². The van der Waals surface area contributed by atoms with Gasteiger partial charge in [-0.1, -0.05) is 0 Å². The van der Waals surface area contributed by atoms with Crippen LogP contribution in [0.3, 0.4) is 0 Å². The van der Waals surface area contributed by atoms with Gasteiger partial charge in [0.25, 0.3) is 0 Å². The molecule has 0 aliphatic rings. The second-order valence-electron chi connectivity index (χ2n) is 1.06. The highest BCUT2D eigenvalue weighted by Crippen LogP contribution is 1.68. The van der Waals surface area contributed by atoms with Gasteiger partial charge in [0.05, 0.1) is 26.4 Å². The topological polar surface area (TPSA) is 49.7 Å². The first-order chi connectivity index (χ1) is 3.41. The van der Waals surface area contributed by atoms with Gasteiger partial charge >= 0.3 is 0 Å². The monoisotopic (exact) mass is 136 g/mol. The maximum Gasteiger partial charge on any atom is 0.187 e. The van der Waals surface area contributed by atoms with E-state index in [2.05, 4.69) is 4.74 Å². The minimum Gasteiger partial charge on any atom is -0.394 e. The first-order valence-corrected chi connectivity index (χ1v) is 2.21. The van der Waals surface area contributed by atoms with E-state index in [1.807, 2.05) is 0 Å². The number of aliphatic hydroxyl groups is 2. The Bertz CT molecular complexity index is 30.5. The highest BCUT2D eigenvalue weighted by molar-refractivity contribution is 5.75. The summed E-state index contributed by atoms with van der Waals surface area (Å²) in [6.45, 7) is 0.696. The number of hydrogen-bond donors (Lipinski definition) is 2. The molecule has 0 atom stereocenters. The lowest BCUT2D eigenvalue weighted by atomic mass is 10.7. The van der Waals surface area contributed by atoms with Gasteiger partial charge in [-0.15, -0.1) is 0 Å². The summed E-state index contributed by atoms with van der Waals surface area (Å²) in [6, 6.07) is 0. The van der Waals surface area contributed by atoms with Crippen LogP contribution in [0.25, 0.3) is 0 Å². The summed E-state index contributed by atoms with van der Waals surface area (Å²) in [4.78, 5) is 0. The maximum atomic E-state index is 8.09. The first-order valence-electron chi connectivity index (χ1n) is 2.21. The van der Waals surface area contributed by atoms with Crippen molar-refractivity contribution in [3.05, 3.63) is 0 Å². The van der Waals surface area contributed by atoms with E-state index in [-0.39, 0.29) is 30.6 Å². The van der Waals surface area contributed by atoms with Crippen LogP contribution in [0, 0.1) is 0 Å². The van der Waals surface area contributed by atoms with Crippen LogP contribution in [0.2, 0.25) is 0 Å². The molecule has 0 aromatic carbocycles. The largest absolute Gasteiger partial charge is 0.394 e. The molecule has 0 aromatic rings. The van der Waals surface area contributed by atoms with E-state index in [4.69, 9.17) is 10.2 Å². The van der Waals surface area contributed by atoms with Gasteiger partial charge in [0.15, 0.2) is 17.4 Å². The van der Waals surface area contributed by atoms with Crippen LogP contribution >= 0.6 is 0 Å². The van der Waals surface area contributed by atoms with Crippen molar-refractivity contribution in [3.63, 3.8) is 0 Å². The minimum absolute atomic E-state index is 0. The van der Waals surface area contributed by atoms with Gasteiger partial charge in [-0.3, -0.25) is 0 Å². The Kier molecular flexibility index (Phi) is 14.6. The molecule has 0 aliphatic carbocycles. The van der Waals surface area contributed by atoms with Crippen molar-refractivity contribution in [2.24, 2.45) is 0 Å². The molecular formula is C4H13AlO3. The van der Waals surface area contributed by atoms with E-state index in [1.54, 1.807) is 0 Å². The second kappa shape index (κ2) is 10.4. The summed E-state index contributed by atoms with van der Waals surface area (Å²) >= 11 is 0. The van der Waals surface area contributed by atoms with Gasteiger partial charge < -0.3 is 14.9 Å². The fraction of sp³-hybridized carbons (Fsp3) is 1.00. The Morgan fingerprint density at radius 1 is 1.00 bits per heavy atom. The van der Waals surface area contributed by atoms with Crippen molar-refractivity contribution in [2.75, 3.05) is 26.4 Å². The Morgan fingerprint density at radius 3 is 1.62 bits per heavy atom. The Hall–Kier alpha value is 0.412. The smallest absolute Gasteiger partial charge is 0.187 e. The van der Waals surface area contributed by atoms with Gasteiger partial charge in [0.1, 0.15) is 0 Å². The minimum atomic E-state index is 0. The van der Waals surface area contributed by atoms with Crippen molar-refractivity contribution >= 4 is 17.4 Å². The Balaban J connectivity index is 0. The predicted molar refractivity (Wildman–Crippen MR) is 34.9 cm³/mol. The summed E-state index contributed by atoms with van der Waals surface area (Å²) < 4.78 is 4.63. The third-order valence-electron chi connectivity index (χ3n) is 0.471. The maximum absolute atomic E-state index is 8.09. The van der Waals surface area contributed by atoms with Crippen LogP contribution in [0.1, 0.15) is 0 Å². The molecule has 0 amide bonds. The molecule has 0 saturated heterocycles. The fourth-order valence-electron chi connectivity index (χ4n) is 0.231. The van der Waals surface area contributed by atoms with E-state index in [0.29, 0.717) is 13.2 Å². The van der Waals surface area contributed by atoms with Gasteiger partial charge in [0, 0.05) is 0 Å². The molecular weight excluding hydrogens is 123 g/mol. The van der Waals surface area contributed by atoms with Gasteiger partial charge in [-0.25, -0.2) is 0 Å². The van der Waals surface area contributed by atoms with E-state index < -0.39 is 0 Å². The van der Waals surface area contributed by atoms with Crippen molar-refractivity contribution in [3.8, 4) is 0 Å². The van der Waals surface area contributed by atoms with Crippen molar-refractivity contribution < 1.29 is 14.9 Å². The zero-order chi connectivity index (χ0) is 5.54. The molecule has 2 N–H and O–H groups in total. The summed E-state index contributed by atoms with van der Waals surface area (Å²) in [5, 5.41) is 16.2. The van der Waals surface area contributed by atoms with E-state index >= 15 is 0 Å². The third-order valence-corrected chi connectivity index (χ3v) is 0.471. The van der Waals surface area contributed by atoms with Crippen LogP contribution in [0.15, 0.2) is 0 Å². The first kappa shape index (κ1) is 11.2. The summed E-state index contributed by atoms with van der Waals surface area (Å²) in [7, 11) is 0. The van der Waals surface area contributed by atoms with E-state index in [0.717, 1.165) is 0 Å². The average molecular weight is 136 g/mol. The molecule has 0 heterocycles. The molecule has 0 aliphatic heterocycles. The van der Waals surface area contributed by atoms with Crippen LogP contribution in [0.4, 0.5) is 0 Å². The number of ether oxygens (including phenoxy) is 1. The predicted octanol–water partition coefficient (Wildman–Crippen LogP) is -2.20. The molecule has 4 heteroatoms. The fourth-order valence-corrected chi connectivity index (χ4v) is 0.231. The highest BCUT2D eigenvalue weighted by Gasteiger charge is 1.79. The third kappa shape index (κ3) is 9.65. The molecule has 0 saturated carbocycles. The van der Waals surface area contributed by atoms with Crippen molar-refractivity contribution in [1.29, 1.82) is 0 Å². The van der Waals surface area contributed by atoms with Crippen LogP contribution in [0.5, 0.6) is 0 Å². The lowest BCUT2D eigenvalue weighted by Crippen LogP contribution is -2.03. The molecule has 0 unspecified atom stereocenters. The zero-order valence-electron chi connectivity index (χ0n) is 4.13. The molecule has 0 rings (SSSR count). The molecule has 0 radical (unpaired) electrons. The molecule has 50 valence electrons. The SMILES string of the molecule is OCCOCCO.[AlH3]. The number of rotatable bonds is 4. The van der Waals surface area contributed by atoms with Crippen molar-refractivity contribution in [1.82, 2.24) is 0 Å². The second-order valence-corrected chi connectivity index (χ2v) is 1.06. The van der Waals surface area contributed by atoms with E-state index in [1.165, 1.54) is 0 Å². The normalized spacial score (nSPS) is 8.25. The average Bonchev–Trinajstić information content (AvgIpc) is 1.69. The molecule has 0 bridgehead atoms. The zero-order valence-corrected chi connectivity index (χ0v) is 4.13. The summed E-state index contributed by atoms with van der Waals surface area (Å²) in [6.07, 6.45) is 0. The van der Waals surface area contributed by atoms with Gasteiger partial charge in [-0.2, -0.15) is 0 Å². The van der Waals surface area contributed by atoms with Crippen LogP contribution in [-0.2, 0) is 4.74 Å². The standard InChI is InChI=1S/C4H10O3.Al.3H/c5-1-3-7-4-2-6;;;;/h5-6H,1-4H2;;;;. The highest BCUT2D eigenvalue weighted by atomic mass is 27.0. The van der Waals surface area contributed by atoms with Crippen molar-refractivity contribution in [2.45, 2.75) is 0 Å². The lowest BCUT2D eigenvalue weighted by Gasteiger charge is -1.94. The number of aliphatic hydroxyl groups excluding tert-OH is 2. The molecule has 0 spiro atoms. The summed E-state index contributed by atoms with van der Waals surface area (Å²) in [5.74, 6) is 0. The number of hydrogen-bond acceptors (Lipinski definition) is 3. The Morgan fingerprint density at radius 2 is 1.38 bits per heavy atom. The van der Waals surface area contributed by atoms with E-state index in [9.17, 15) is 0 Å². The Labute approximate surface area is 59.4 Å². The molecule has 0 aromatic heterocycles.